The molecule has 2 fully saturated rings. The third-order valence-corrected chi connectivity index (χ3v) is 5.45. The summed E-state index contributed by atoms with van der Waals surface area (Å²) < 4.78 is 1.93. The number of carbonyl (C=O) groups is 2. The van der Waals surface area contributed by atoms with Crippen molar-refractivity contribution in [3.05, 3.63) is 33.7 Å². The van der Waals surface area contributed by atoms with Crippen molar-refractivity contribution in [3.63, 3.8) is 0 Å². The number of hydrogen-bond donors (Lipinski definition) is 2. The Hall–Kier alpha value is -2.11. The molecule has 2 aliphatic carbocycles. The van der Waals surface area contributed by atoms with Crippen molar-refractivity contribution in [2.24, 2.45) is 5.92 Å². The van der Waals surface area contributed by atoms with E-state index in [1.165, 1.54) is 6.42 Å². The zero-order chi connectivity index (χ0) is 19.4. The second kappa shape index (κ2) is 8.72. The van der Waals surface area contributed by atoms with E-state index in [1.54, 1.807) is 12.4 Å². The van der Waals surface area contributed by atoms with Gasteiger partial charge in [0.15, 0.2) is 0 Å². The maximum Gasteiger partial charge on any atom is 0.256 e. The second-order valence-electron chi connectivity index (χ2n) is 8.34. The molecule has 2 amide bonds. The first-order valence-corrected chi connectivity index (χ1v) is 10.3. The quantitative estimate of drug-likeness (QED) is 0.771. The lowest BCUT2D eigenvalue weighted by atomic mass is 9.95. The fourth-order valence-electron chi connectivity index (χ4n) is 3.57. The smallest absolute Gasteiger partial charge is 0.256 e. The van der Waals surface area contributed by atoms with Crippen LogP contribution in [-0.4, -0.2) is 29.0 Å². The maximum atomic E-state index is 12.9. The van der Waals surface area contributed by atoms with E-state index in [1.807, 2.05) is 4.57 Å². The highest BCUT2D eigenvalue weighted by atomic mass is 16.2. The molecule has 0 spiro atoms. The largest absolute Gasteiger partial charge is 0.352 e. The average molecular weight is 373 g/mol. The molecule has 2 N–H and O–H groups in total. The summed E-state index contributed by atoms with van der Waals surface area (Å²) in [6, 6.07) is 0.414. The Balaban J connectivity index is 1.88. The minimum atomic E-state index is -0.470. The third-order valence-electron chi connectivity index (χ3n) is 5.45. The molecule has 1 heterocycles. The van der Waals surface area contributed by atoms with Gasteiger partial charge in [0.2, 0.25) is 5.43 Å². The van der Waals surface area contributed by atoms with Gasteiger partial charge in [-0.3, -0.25) is 14.4 Å². The lowest BCUT2D eigenvalue weighted by Crippen LogP contribution is -2.37. The van der Waals surface area contributed by atoms with Crippen LogP contribution in [0.1, 0.15) is 92.0 Å². The van der Waals surface area contributed by atoms with Gasteiger partial charge in [0, 0.05) is 31.0 Å². The minimum Gasteiger partial charge on any atom is -0.352 e. The van der Waals surface area contributed by atoms with Gasteiger partial charge in [-0.05, 0) is 38.0 Å². The summed E-state index contributed by atoms with van der Waals surface area (Å²) >= 11 is 0. The predicted molar refractivity (Wildman–Crippen MR) is 105 cm³/mol. The second-order valence-corrected chi connectivity index (χ2v) is 8.34. The van der Waals surface area contributed by atoms with E-state index in [-0.39, 0.29) is 35.0 Å². The number of pyridine rings is 1. The molecule has 1 aromatic rings. The maximum absolute atomic E-state index is 12.9. The summed E-state index contributed by atoms with van der Waals surface area (Å²) in [6.45, 7) is 4.70. The van der Waals surface area contributed by atoms with Crippen LogP contribution in [0.4, 0.5) is 0 Å². The van der Waals surface area contributed by atoms with Gasteiger partial charge in [-0.2, -0.15) is 0 Å². The first-order chi connectivity index (χ1) is 13.0. The van der Waals surface area contributed by atoms with Crippen molar-refractivity contribution in [1.82, 2.24) is 15.2 Å². The summed E-state index contributed by atoms with van der Waals surface area (Å²) in [7, 11) is 0. The summed E-state index contributed by atoms with van der Waals surface area (Å²) in [5.74, 6) is -0.268. The van der Waals surface area contributed by atoms with Crippen LogP contribution in [0, 0.1) is 5.92 Å². The van der Waals surface area contributed by atoms with E-state index in [0.717, 1.165) is 44.9 Å². The van der Waals surface area contributed by atoms with E-state index in [4.69, 9.17) is 0 Å². The Bertz CT molecular complexity index is 744. The highest BCUT2D eigenvalue weighted by Crippen LogP contribution is 2.28. The van der Waals surface area contributed by atoms with Crippen LogP contribution in [0.2, 0.25) is 0 Å². The van der Waals surface area contributed by atoms with E-state index < -0.39 is 5.43 Å². The topological polar surface area (TPSA) is 80.2 Å². The SMILES string of the molecule is CC(C)CCNC(=O)c1cn(C2CCCCC2)cc(C(=O)NC2CC2)c1=O. The molecule has 0 aliphatic heterocycles. The zero-order valence-electron chi connectivity index (χ0n) is 16.4. The van der Waals surface area contributed by atoms with Crippen molar-refractivity contribution in [2.45, 2.75) is 77.3 Å². The number of amides is 2. The van der Waals surface area contributed by atoms with Crippen LogP contribution in [-0.2, 0) is 0 Å². The van der Waals surface area contributed by atoms with Crippen LogP contribution in [0.5, 0.6) is 0 Å². The highest BCUT2D eigenvalue weighted by molar-refractivity contribution is 5.99. The Kier molecular flexibility index (Phi) is 6.34. The first-order valence-electron chi connectivity index (χ1n) is 10.3. The normalized spacial score (nSPS) is 17.7. The molecule has 1 aromatic heterocycles. The number of rotatable bonds is 7. The van der Waals surface area contributed by atoms with Gasteiger partial charge in [0.1, 0.15) is 11.1 Å². The fraction of sp³-hybridized carbons (Fsp3) is 0.667. The van der Waals surface area contributed by atoms with Gasteiger partial charge in [-0.25, -0.2) is 0 Å². The minimum absolute atomic E-state index is 0.0766. The molecule has 27 heavy (non-hydrogen) atoms. The van der Waals surface area contributed by atoms with Crippen LogP contribution in [0.15, 0.2) is 17.2 Å². The number of nitrogens with one attached hydrogen (secondary N) is 2. The number of carbonyl (C=O) groups excluding carboxylic acids is 2. The van der Waals surface area contributed by atoms with Crippen LogP contribution >= 0.6 is 0 Å². The first kappa shape index (κ1) is 19.6. The average Bonchev–Trinajstić information content (AvgIpc) is 3.46. The monoisotopic (exact) mass is 373 g/mol. The molecule has 6 nitrogen and oxygen atoms in total. The Morgan fingerprint density at radius 2 is 1.67 bits per heavy atom. The lowest BCUT2D eigenvalue weighted by Gasteiger charge is -2.25. The van der Waals surface area contributed by atoms with Gasteiger partial charge in [-0.15, -0.1) is 0 Å². The molecule has 3 rings (SSSR count). The number of aromatic nitrogens is 1. The summed E-state index contributed by atoms with van der Waals surface area (Å²) in [5, 5.41) is 5.72. The predicted octanol–water partition coefficient (Wildman–Crippen LogP) is 3.02. The molecule has 6 heteroatoms. The molecule has 2 saturated carbocycles. The number of nitrogens with zero attached hydrogens (tertiary/aromatic N) is 1. The van der Waals surface area contributed by atoms with Crippen molar-refractivity contribution in [1.29, 1.82) is 0 Å². The molecule has 2 aliphatic rings. The van der Waals surface area contributed by atoms with E-state index in [0.29, 0.717) is 12.5 Å². The molecule has 0 saturated heterocycles. The highest BCUT2D eigenvalue weighted by Gasteiger charge is 2.27. The van der Waals surface area contributed by atoms with Crippen LogP contribution in [0.3, 0.4) is 0 Å². The van der Waals surface area contributed by atoms with Gasteiger partial charge in [0.05, 0.1) is 0 Å². The third kappa shape index (κ3) is 5.21. The Labute approximate surface area is 160 Å². The van der Waals surface area contributed by atoms with Gasteiger partial charge < -0.3 is 15.2 Å². The van der Waals surface area contributed by atoms with Gasteiger partial charge >= 0.3 is 0 Å². The summed E-state index contributed by atoms with van der Waals surface area (Å²) in [6.07, 6.45) is 11.6. The molecule has 0 bridgehead atoms. The zero-order valence-corrected chi connectivity index (χ0v) is 16.4. The summed E-state index contributed by atoms with van der Waals surface area (Å²) in [5.41, 5.74) is -0.306. The van der Waals surface area contributed by atoms with Crippen molar-refractivity contribution >= 4 is 11.8 Å². The molecule has 0 aromatic carbocycles. The standard InChI is InChI=1S/C21H31N3O3/c1-14(2)10-11-22-20(26)17-12-24(16-6-4-3-5-7-16)13-18(19(17)25)21(27)23-15-8-9-15/h12-16H,3-11H2,1-2H3,(H,22,26)(H,23,27). The lowest BCUT2D eigenvalue weighted by molar-refractivity contribution is 0.0948. The van der Waals surface area contributed by atoms with Crippen molar-refractivity contribution in [2.75, 3.05) is 6.54 Å². The van der Waals surface area contributed by atoms with Crippen LogP contribution in [0.25, 0.3) is 0 Å². The van der Waals surface area contributed by atoms with Gasteiger partial charge in [-0.1, -0.05) is 33.1 Å². The molecular weight excluding hydrogens is 342 g/mol. The van der Waals surface area contributed by atoms with E-state index >= 15 is 0 Å². The van der Waals surface area contributed by atoms with Crippen LogP contribution < -0.4 is 16.1 Å². The number of hydrogen-bond acceptors (Lipinski definition) is 3. The summed E-state index contributed by atoms with van der Waals surface area (Å²) in [4.78, 5) is 38.1. The molecular formula is C21H31N3O3. The van der Waals surface area contributed by atoms with Crippen molar-refractivity contribution < 1.29 is 9.59 Å². The fourth-order valence-corrected chi connectivity index (χ4v) is 3.57. The van der Waals surface area contributed by atoms with Crippen molar-refractivity contribution in [3.8, 4) is 0 Å². The van der Waals surface area contributed by atoms with E-state index in [9.17, 15) is 14.4 Å². The molecule has 0 atom stereocenters. The Morgan fingerprint density at radius 3 is 2.26 bits per heavy atom. The van der Waals surface area contributed by atoms with Gasteiger partial charge in [0.25, 0.3) is 11.8 Å². The van der Waals surface area contributed by atoms with E-state index in [2.05, 4.69) is 24.5 Å². The molecule has 148 valence electrons. The molecule has 0 unspecified atom stereocenters. The Morgan fingerprint density at radius 1 is 1.04 bits per heavy atom. The molecule has 0 radical (unpaired) electrons.